The van der Waals surface area contributed by atoms with Crippen molar-refractivity contribution in [1.82, 2.24) is 5.32 Å². The highest BCUT2D eigenvalue weighted by molar-refractivity contribution is 7.10. The summed E-state index contributed by atoms with van der Waals surface area (Å²) in [5.41, 5.74) is 1.26. The predicted octanol–water partition coefficient (Wildman–Crippen LogP) is 5.53. The van der Waals surface area contributed by atoms with Gasteiger partial charge in [0.05, 0.1) is 6.42 Å². The summed E-state index contributed by atoms with van der Waals surface area (Å²) in [6.45, 7) is 1.45. The van der Waals surface area contributed by atoms with Crippen LogP contribution in [0.5, 0.6) is 0 Å². The second-order valence-electron chi connectivity index (χ2n) is 8.51. The molecule has 2 heterocycles. The van der Waals surface area contributed by atoms with Crippen molar-refractivity contribution < 1.29 is 14.4 Å². The van der Waals surface area contributed by atoms with E-state index in [4.69, 9.17) is 0 Å². The van der Waals surface area contributed by atoms with E-state index in [1.807, 2.05) is 35.0 Å². The first-order valence-electron chi connectivity index (χ1n) is 11.6. The summed E-state index contributed by atoms with van der Waals surface area (Å²) < 4.78 is 0. The molecule has 0 radical (unpaired) electrons. The summed E-state index contributed by atoms with van der Waals surface area (Å²) in [4.78, 5) is 42.2. The topological polar surface area (TPSA) is 78.5 Å². The average molecular weight is 496 g/mol. The number of nitrogens with one attached hydrogen (secondary N) is 2. The first kappa shape index (κ1) is 24.2. The molecule has 1 fully saturated rings. The molecule has 1 aliphatic carbocycles. The zero-order chi connectivity index (χ0) is 23.9. The van der Waals surface area contributed by atoms with Crippen molar-refractivity contribution in [3.05, 3.63) is 69.0 Å². The lowest BCUT2D eigenvalue weighted by Crippen LogP contribution is -2.47. The standard InChI is InChI=1S/C26H29N3O3S2/c1-18(30)27-20-11-13-21(14-12-20)29(24(31)17-22-9-5-15-33-22)25(23-10-6-16-34-23)26(32)28-19-7-3-2-4-8-19/h5-6,9-16,19,25H,2-4,7-8,17H2,1H3,(H,27,30)(H,28,32). The number of hydrogen-bond acceptors (Lipinski definition) is 5. The molecule has 0 aliphatic heterocycles. The Kier molecular flexibility index (Phi) is 8.13. The molecule has 0 spiro atoms. The Balaban J connectivity index is 1.68. The monoisotopic (exact) mass is 495 g/mol. The highest BCUT2D eigenvalue weighted by atomic mass is 32.1. The summed E-state index contributed by atoms with van der Waals surface area (Å²) >= 11 is 3.00. The lowest BCUT2D eigenvalue weighted by molar-refractivity contribution is -0.127. The number of anilines is 2. The molecule has 2 aromatic heterocycles. The number of rotatable bonds is 8. The molecule has 4 rings (SSSR count). The van der Waals surface area contributed by atoms with E-state index in [-0.39, 0.29) is 30.2 Å². The van der Waals surface area contributed by atoms with Crippen LogP contribution in [0.25, 0.3) is 0 Å². The van der Waals surface area contributed by atoms with Crippen LogP contribution < -0.4 is 15.5 Å². The fourth-order valence-electron chi connectivity index (χ4n) is 4.34. The largest absolute Gasteiger partial charge is 0.351 e. The van der Waals surface area contributed by atoms with Crippen molar-refractivity contribution in [3.63, 3.8) is 0 Å². The summed E-state index contributed by atoms with van der Waals surface area (Å²) in [5, 5.41) is 9.86. The van der Waals surface area contributed by atoms with Crippen LogP contribution in [0.15, 0.2) is 59.3 Å². The van der Waals surface area contributed by atoms with E-state index in [1.165, 1.54) is 36.0 Å². The van der Waals surface area contributed by atoms with Gasteiger partial charge in [0.1, 0.15) is 6.04 Å². The Bertz CT molecular complexity index is 1090. The second-order valence-corrected chi connectivity index (χ2v) is 10.5. The molecule has 178 valence electrons. The molecule has 1 aliphatic rings. The predicted molar refractivity (Wildman–Crippen MR) is 138 cm³/mol. The molecule has 8 heteroatoms. The van der Waals surface area contributed by atoms with E-state index in [9.17, 15) is 14.4 Å². The maximum absolute atomic E-state index is 13.7. The molecule has 3 amide bonds. The van der Waals surface area contributed by atoms with Gasteiger partial charge in [0, 0.05) is 34.1 Å². The molecule has 6 nitrogen and oxygen atoms in total. The Labute approximate surface area is 208 Å². The molecule has 1 atom stereocenters. The van der Waals surface area contributed by atoms with Gasteiger partial charge in [0.2, 0.25) is 17.7 Å². The minimum atomic E-state index is -0.763. The summed E-state index contributed by atoms with van der Waals surface area (Å²) in [7, 11) is 0. The fraction of sp³-hybridized carbons (Fsp3) is 0.346. The molecule has 1 saturated carbocycles. The van der Waals surface area contributed by atoms with Crippen molar-refractivity contribution in [3.8, 4) is 0 Å². The van der Waals surface area contributed by atoms with Crippen molar-refractivity contribution in [2.45, 2.75) is 57.5 Å². The SMILES string of the molecule is CC(=O)Nc1ccc(N(C(=O)Cc2cccs2)C(C(=O)NC2CCCCC2)c2cccs2)cc1. The Morgan fingerprint density at radius 1 is 0.971 bits per heavy atom. The van der Waals surface area contributed by atoms with Gasteiger partial charge in [-0.05, 0) is 60.0 Å². The van der Waals surface area contributed by atoms with Crippen LogP contribution in [-0.2, 0) is 20.8 Å². The van der Waals surface area contributed by atoms with E-state index in [1.54, 1.807) is 29.2 Å². The van der Waals surface area contributed by atoms with E-state index in [0.717, 1.165) is 35.4 Å². The number of thiophene rings is 2. The number of hydrogen-bond donors (Lipinski definition) is 2. The second kappa shape index (κ2) is 11.4. The van der Waals surface area contributed by atoms with Gasteiger partial charge in [0.25, 0.3) is 0 Å². The van der Waals surface area contributed by atoms with Crippen LogP contribution in [0.4, 0.5) is 11.4 Å². The van der Waals surface area contributed by atoms with E-state index in [2.05, 4.69) is 10.6 Å². The van der Waals surface area contributed by atoms with Crippen molar-refractivity contribution in [2.24, 2.45) is 0 Å². The summed E-state index contributed by atoms with van der Waals surface area (Å²) in [6.07, 6.45) is 5.58. The molecule has 0 bridgehead atoms. The summed E-state index contributed by atoms with van der Waals surface area (Å²) in [5.74, 6) is -0.464. The highest BCUT2D eigenvalue weighted by Gasteiger charge is 2.34. The van der Waals surface area contributed by atoms with Gasteiger partial charge in [-0.25, -0.2) is 0 Å². The van der Waals surface area contributed by atoms with Gasteiger partial charge in [0.15, 0.2) is 0 Å². The molecule has 0 saturated heterocycles. The van der Waals surface area contributed by atoms with Crippen LogP contribution in [0.2, 0.25) is 0 Å². The smallest absolute Gasteiger partial charge is 0.248 e. The van der Waals surface area contributed by atoms with Crippen LogP contribution in [0, 0.1) is 0 Å². The van der Waals surface area contributed by atoms with Gasteiger partial charge >= 0.3 is 0 Å². The molecule has 1 unspecified atom stereocenters. The lowest BCUT2D eigenvalue weighted by atomic mass is 9.95. The van der Waals surface area contributed by atoms with Crippen molar-refractivity contribution >= 4 is 51.8 Å². The number of nitrogens with zero attached hydrogens (tertiary/aromatic N) is 1. The number of carbonyl (C=O) groups is 3. The van der Waals surface area contributed by atoms with Gasteiger partial charge in [-0.2, -0.15) is 0 Å². The zero-order valence-corrected chi connectivity index (χ0v) is 20.8. The summed E-state index contributed by atoms with van der Waals surface area (Å²) in [6, 6.07) is 14.1. The van der Waals surface area contributed by atoms with Gasteiger partial charge in [-0.1, -0.05) is 31.4 Å². The zero-order valence-electron chi connectivity index (χ0n) is 19.2. The van der Waals surface area contributed by atoms with Crippen molar-refractivity contribution in [1.29, 1.82) is 0 Å². The van der Waals surface area contributed by atoms with E-state index < -0.39 is 6.04 Å². The first-order chi connectivity index (χ1) is 16.5. The molecular formula is C26H29N3O3S2. The normalized spacial score (nSPS) is 14.9. The van der Waals surface area contributed by atoms with Gasteiger partial charge in [-0.15, -0.1) is 22.7 Å². The Morgan fingerprint density at radius 2 is 1.68 bits per heavy atom. The molecule has 2 N–H and O–H groups in total. The van der Waals surface area contributed by atoms with E-state index in [0.29, 0.717) is 11.4 Å². The number of amides is 3. The lowest BCUT2D eigenvalue weighted by Gasteiger charge is -2.33. The third kappa shape index (κ3) is 6.12. The molecule has 34 heavy (non-hydrogen) atoms. The van der Waals surface area contributed by atoms with Crippen LogP contribution in [0.1, 0.15) is 54.8 Å². The highest BCUT2D eigenvalue weighted by Crippen LogP contribution is 2.33. The van der Waals surface area contributed by atoms with Crippen LogP contribution >= 0.6 is 22.7 Å². The third-order valence-corrected chi connectivity index (χ3v) is 7.71. The maximum Gasteiger partial charge on any atom is 0.248 e. The molecule has 1 aromatic carbocycles. The van der Waals surface area contributed by atoms with Gasteiger partial charge < -0.3 is 10.6 Å². The van der Waals surface area contributed by atoms with Gasteiger partial charge in [-0.3, -0.25) is 19.3 Å². The Morgan fingerprint density at radius 3 is 2.29 bits per heavy atom. The van der Waals surface area contributed by atoms with Crippen LogP contribution in [-0.4, -0.2) is 23.8 Å². The fourth-order valence-corrected chi connectivity index (χ4v) is 5.85. The maximum atomic E-state index is 13.7. The molecule has 3 aromatic rings. The number of benzene rings is 1. The molecular weight excluding hydrogens is 466 g/mol. The van der Waals surface area contributed by atoms with Crippen molar-refractivity contribution in [2.75, 3.05) is 10.2 Å². The third-order valence-electron chi connectivity index (χ3n) is 5.91. The van der Waals surface area contributed by atoms with E-state index >= 15 is 0 Å². The minimum absolute atomic E-state index is 0.139. The van der Waals surface area contributed by atoms with Crippen LogP contribution in [0.3, 0.4) is 0 Å². The minimum Gasteiger partial charge on any atom is -0.351 e. The average Bonchev–Trinajstić information content (AvgIpc) is 3.53. The quantitative estimate of drug-likeness (QED) is 0.431. The Hall–Kier alpha value is -2.97. The number of carbonyl (C=O) groups excluding carboxylic acids is 3. The first-order valence-corrected chi connectivity index (χ1v) is 13.3.